The predicted octanol–water partition coefficient (Wildman–Crippen LogP) is 1.16. The van der Waals surface area contributed by atoms with Gasteiger partial charge in [0.05, 0.1) is 17.9 Å². The van der Waals surface area contributed by atoms with Gasteiger partial charge in [-0.25, -0.2) is 0 Å². The third-order valence-electron chi connectivity index (χ3n) is 1.52. The van der Waals surface area contributed by atoms with Crippen LogP contribution >= 0.6 is 11.7 Å². The van der Waals surface area contributed by atoms with Crippen LogP contribution in [0.5, 0.6) is 0 Å². The molecule has 0 aliphatic heterocycles. The molecule has 0 atom stereocenters. The summed E-state index contributed by atoms with van der Waals surface area (Å²) in [5.74, 6) is -0.137. The molecule has 0 unspecified atom stereocenters. The Labute approximate surface area is 78.6 Å². The van der Waals surface area contributed by atoms with Gasteiger partial charge in [0.1, 0.15) is 5.69 Å². The van der Waals surface area contributed by atoms with E-state index in [9.17, 15) is 4.79 Å². The fraction of sp³-hybridized carbons (Fsp3) is 0. The largest absolute Gasteiger partial charge is 0.287 e. The van der Waals surface area contributed by atoms with E-state index in [1.54, 1.807) is 18.3 Å². The summed E-state index contributed by atoms with van der Waals surface area (Å²) in [7, 11) is 0. The van der Waals surface area contributed by atoms with Crippen molar-refractivity contribution >= 4 is 17.5 Å². The van der Waals surface area contributed by atoms with Crippen LogP contribution in [0.25, 0.3) is 0 Å². The van der Waals surface area contributed by atoms with Crippen LogP contribution in [-0.2, 0) is 0 Å². The second-order valence-electron chi connectivity index (χ2n) is 2.36. The molecule has 64 valence electrons. The molecule has 0 spiro atoms. The van der Waals surface area contributed by atoms with Crippen molar-refractivity contribution < 1.29 is 4.79 Å². The fourth-order valence-corrected chi connectivity index (χ4v) is 1.32. The van der Waals surface area contributed by atoms with Gasteiger partial charge in [0.15, 0.2) is 0 Å². The first-order chi connectivity index (χ1) is 6.38. The molecule has 0 saturated carbocycles. The Hall–Kier alpha value is -1.62. The van der Waals surface area contributed by atoms with E-state index in [-0.39, 0.29) is 5.78 Å². The highest BCUT2D eigenvalue weighted by Gasteiger charge is 2.10. The van der Waals surface area contributed by atoms with E-state index in [2.05, 4.69) is 13.7 Å². The second kappa shape index (κ2) is 3.40. The maximum absolute atomic E-state index is 11.6. The van der Waals surface area contributed by atoms with Crippen LogP contribution in [0.2, 0.25) is 0 Å². The van der Waals surface area contributed by atoms with E-state index in [0.717, 1.165) is 11.7 Å². The fourth-order valence-electron chi connectivity index (χ4n) is 0.910. The standard InChI is InChI=1S/C8H5N3OS/c12-8(7-5-10-13-11-7)6-2-1-3-9-4-6/h1-5H. The van der Waals surface area contributed by atoms with Gasteiger partial charge >= 0.3 is 0 Å². The molecule has 0 N–H and O–H groups in total. The Morgan fingerprint density at radius 1 is 1.38 bits per heavy atom. The molecule has 5 heteroatoms. The number of nitrogens with zero attached hydrogens (tertiary/aromatic N) is 3. The van der Waals surface area contributed by atoms with Gasteiger partial charge in [-0.1, -0.05) is 0 Å². The monoisotopic (exact) mass is 191 g/mol. The average Bonchev–Trinajstić information content (AvgIpc) is 2.71. The molecule has 0 amide bonds. The second-order valence-corrected chi connectivity index (χ2v) is 2.92. The predicted molar refractivity (Wildman–Crippen MR) is 47.6 cm³/mol. The van der Waals surface area contributed by atoms with E-state index in [0.29, 0.717) is 11.3 Å². The Balaban J connectivity index is 2.34. The van der Waals surface area contributed by atoms with Crippen LogP contribution in [-0.4, -0.2) is 19.5 Å². The van der Waals surface area contributed by atoms with Gasteiger partial charge in [-0.05, 0) is 12.1 Å². The molecule has 2 aromatic rings. The zero-order valence-electron chi connectivity index (χ0n) is 6.54. The van der Waals surface area contributed by atoms with Crippen molar-refractivity contribution in [2.24, 2.45) is 0 Å². The first-order valence-electron chi connectivity index (χ1n) is 3.60. The van der Waals surface area contributed by atoms with E-state index in [4.69, 9.17) is 0 Å². The first kappa shape index (κ1) is 8.00. The van der Waals surface area contributed by atoms with Crippen LogP contribution in [0.3, 0.4) is 0 Å². The molecule has 2 heterocycles. The number of hydrogen-bond acceptors (Lipinski definition) is 5. The average molecular weight is 191 g/mol. The van der Waals surface area contributed by atoms with Crippen molar-refractivity contribution in [2.75, 3.05) is 0 Å². The summed E-state index contributed by atoms with van der Waals surface area (Å²) < 4.78 is 7.60. The number of carbonyl (C=O) groups excluding carboxylic acids is 1. The van der Waals surface area contributed by atoms with Crippen molar-refractivity contribution in [1.29, 1.82) is 0 Å². The quantitative estimate of drug-likeness (QED) is 0.668. The maximum atomic E-state index is 11.6. The number of pyridine rings is 1. The SMILES string of the molecule is O=C(c1cccnc1)c1cnsn1. The summed E-state index contributed by atoms with van der Waals surface area (Å²) in [6, 6.07) is 3.42. The third-order valence-corrected chi connectivity index (χ3v) is 2.00. The summed E-state index contributed by atoms with van der Waals surface area (Å²) >= 11 is 1.02. The topological polar surface area (TPSA) is 55.7 Å². The van der Waals surface area contributed by atoms with Gasteiger partial charge in [0, 0.05) is 18.0 Å². The van der Waals surface area contributed by atoms with Crippen molar-refractivity contribution in [3.8, 4) is 0 Å². The number of hydrogen-bond donors (Lipinski definition) is 0. The molecule has 0 aliphatic rings. The zero-order chi connectivity index (χ0) is 9.10. The van der Waals surface area contributed by atoms with Crippen molar-refractivity contribution in [1.82, 2.24) is 13.7 Å². The lowest BCUT2D eigenvalue weighted by atomic mass is 10.1. The van der Waals surface area contributed by atoms with Crippen molar-refractivity contribution in [3.05, 3.63) is 42.0 Å². The molecule has 13 heavy (non-hydrogen) atoms. The minimum Gasteiger partial charge on any atom is -0.287 e. The van der Waals surface area contributed by atoms with Crippen LogP contribution < -0.4 is 0 Å². The number of ketones is 1. The normalized spacial score (nSPS) is 9.85. The van der Waals surface area contributed by atoms with Crippen molar-refractivity contribution in [3.63, 3.8) is 0 Å². The van der Waals surface area contributed by atoms with Gasteiger partial charge in [-0.3, -0.25) is 9.78 Å². The highest BCUT2D eigenvalue weighted by atomic mass is 32.1. The Morgan fingerprint density at radius 2 is 2.31 bits per heavy atom. The molecule has 4 nitrogen and oxygen atoms in total. The van der Waals surface area contributed by atoms with E-state index >= 15 is 0 Å². The summed E-state index contributed by atoms with van der Waals surface area (Å²) in [4.78, 5) is 15.4. The number of carbonyl (C=O) groups is 1. The molecule has 0 aromatic carbocycles. The molecule has 2 rings (SSSR count). The van der Waals surface area contributed by atoms with E-state index in [1.807, 2.05) is 0 Å². The molecular formula is C8H5N3OS. The first-order valence-corrected chi connectivity index (χ1v) is 4.33. The summed E-state index contributed by atoms with van der Waals surface area (Å²) in [5, 5.41) is 0. The third kappa shape index (κ3) is 1.59. The highest BCUT2D eigenvalue weighted by Crippen LogP contribution is 2.05. The summed E-state index contributed by atoms with van der Waals surface area (Å²) in [6.45, 7) is 0. The Morgan fingerprint density at radius 3 is 2.92 bits per heavy atom. The lowest BCUT2D eigenvalue weighted by Crippen LogP contribution is -2.01. The molecule has 0 fully saturated rings. The summed E-state index contributed by atoms with van der Waals surface area (Å²) in [6.07, 6.45) is 4.59. The minimum absolute atomic E-state index is 0.137. The van der Waals surface area contributed by atoms with Gasteiger partial charge in [-0.2, -0.15) is 8.75 Å². The maximum Gasteiger partial charge on any atom is 0.215 e. The smallest absolute Gasteiger partial charge is 0.215 e. The van der Waals surface area contributed by atoms with Crippen LogP contribution in [0, 0.1) is 0 Å². The van der Waals surface area contributed by atoms with Gasteiger partial charge in [0.25, 0.3) is 0 Å². The van der Waals surface area contributed by atoms with E-state index < -0.39 is 0 Å². The molecular weight excluding hydrogens is 186 g/mol. The number of rotatable bonds is 2. The van der Waals surface area contributed by atoms with Gasteiger partial charge < -0.3 is 0 Å². The van der Waals surface area contributed by atoms with Crippen molar-refractivity contribution in [2.45, 2.75) is 0 Å². The van der Waals surface area contributed by atoms with E-state index in [1.165, 1.54) is 12.4 Å². The molecule has 2 aromatic heterocycles. The highest BCUT2D eigenvalue weighted by molar-refractivity contribution is 6.99. The molecule has 0 aliphatic carbocycles. The molecule has 0 saturated heterocycles. The van der Waals surface area contributed by atoms with Crippen LogP contribution in [0.4, 0.5) is 0 Å². The van der Waals surface area contributed by atoms with Crippen LogP contribution in [0.1, 0.15) is 16.1 Å². The molecule has 0 bridgehead atoms. The Kier molecular flexibility index (Phi) is 2.09. The lowest BCUT2D eigenvalue weighted by Gasteiger charge is -1.93. The zero-order valence-corrected chi connectivity index (χ0v) is 7.36. The minimum atomic E-state index is -0.137. The van der Waals surface area contributed by atoms with Crippen LogP contribution in [0.15, 0.2) is 30.7 Å². The lowest BCUT2D eigenvalue weighted by molar-refractivity contribution is 0.103. The van der Waals surface area contributed by atoms with Gasteiger partial charge in [0.2, 0.25) is 5.78 Å². The summed E-state index contributed by atoms with van der Waals surface area (Å²) in [5.41, 5.74) is 0.910. The molecule has 0 radical (unpaired) electrons. The van der Waals surface area contributed by atoms with Gasteiger partial charge in [-0.15, -0.1) is 0 Å². The number of aromatic nitrogens is 3. The Bertz CT molecular complexity index is 399.